The largest absolute Gasteiger partial charge is 0.361 e. The predicted molar refractivity (Wildman–Crippen MR) is 108 cm³/mol. The molecule has 0 N–H and O–H groups in total. The second-order valence-corrected chi connectivity index (χ2v) is 9.84. The number of nitrogens with zero attached hydrogens (tertiary/aromatic N) is 4. The Morgan fingerprint density at radius 3 is 2.93 bits per heavy atom. The van der Waals surface area contributed by atoms with Gasteiger partial charge in [-0.25, -0.2) is 0 Å². The summed E-state index contributed by atoms with van der Waals surface area (Å²) in [6.45, 7) is 4.30. The highest BCUT2D eigenvalue weighted by Gasteiger charge is 2.43. The summed E-state index contributed by atoms with van der Waals surface area (Å²) in [5.74, 6) is 5.18. The standard InChI is InChI=1S/C20H24N4OS2/c1-12-8-16(23-25-12)11-27-20-22-21-19(18-4-3-7-26-18)24(20)13(2)17-10-14-5-6-15(17)9-14/h3-4,7-8,13-15,17H,5-6,9-11H2,1-2H3. The van der Waals surface area contributed by atoms with Gasteiger partial charge in [-0.2, -0.15) is 0 Å². The topological polar surface area (TPSA) is 56.7 Å². The SMILES string of the molecule is Cc1cc(CSc2nnc(-c3cccs3)n2C(C)C2CC3CCC2C3)no1. The number of aromatic nitrogens is 4. The monoisotopic (exact) mass is 400 g/mol. The van der Waals surface area contributed by atoms with Gasteiger partial charge in [0.1, 0.15) is 5.76 Å². The molecule has 0 spiro atoms. The van der Waals surface area contributed by atoms with Crippen LogP contribution in [-0.2, 0) is 5.75 Å². The lowest BCUT2D eigenvalue weighted by Gasteiger charge is -2.30. The highest BCUT2D eigenvalue weighted by atomic mass is 32.2. The molecule has 4 atom stereocenters. The zero-order valence-corrected chi connectivity index (χ0v) is 17.3. The van der Waals surface area contributed by atoms with Gasteiger partial charge in [0.25, 0.3) is 0 Å². The minimum absolute atomic E-state index is 0.425. The zero-order chi connectivity index (χ0) is 18.4. The summed E-state index contributed by atoms with van der Waals surface area (Å²) in [7, 11) is 0. The average molecular weight is 401 g/mol. The fraction of sp³-hybridized carbons (Fsp3) is 0.550. The summed E-state index contributed by atoms with van der Waals surface area (Å²) in [4.78, 5) is 1.20. The molecule has 0 aliphatic heterocycles. The minimum atomic E-state index is 0.425. The average Bonchev–Trinajstić information content (AvgIpc) is 3.48. The number of thiophene rings is 1. The van der Waals surface area contributed by atoms with Crippen molar-refractivity contribution in [2.45, 2.75) is 56.5 Å². The fourth-order valence-corrected chi connectivity index (χ4v) is 6.63. The molecule has 0 amide bonds. The molecule has 2 saturated carbocycles. The minimum Gasteiger partial charge on any atom is -0.361 e. The van der Waals surface area contributed by atoms with Crippen LogP contribution >= 0.6 is 23.1 Å². The molecule has 27 heavy (non-hydrogen) atoms. The number of fused-ring (bicyclic) bond motifs is 2. The van der Waals surface area contributed by atoms with E-state index in [1.807, 2.05) is 13.0 Å². The van der Waals surface area contributed by atoms with Crippen LogP contribution in [0.15, 0.2) is 33.3 Å². The fourth-order valence-electron chi connectivity index (χ4n) is 5.02. The molecule has 3 heterocycles. The quantitative estimate of drug-likeness (QED) is 0.505. The maximum Gasteiger partial charge on any atom is 0.192 e. The van der Waals surface area contributed by atoms with Crippen LogP contribution in [0, 0.1) is 24.7 Å². The molecular formula is C20H24N4OS2. The van der Waals surface area contributed by atoms with E-state index >= 15 is 0 Å². The van der Waals surface area contributed by atoms with E-state index in [9.17, 15) is 0 Å². The molecule has 2 aliphatic carbocycles. The van der Waals surface area contributed by atoms with Crippen molar-refractivity contribution >= 4 is 23.1 Å². The van der Waals surface area contributed by atoms with E-state index in [-0.39, 0.29) is 0 Å². The van der Waals surface area contributed by atoms with E-state index in [1.54, 1.807) is 23.1 Å². The molecular weight excluding hydrogens is 376 g/mol. The Bertz CT molecular complexity index is 916. The van der Waals surface area contributed by atoms with E-state index in [4.69, 9.17) is 4.52 Å². The molecule has 2 aliphatic rings. The van der Waals surface area contributed by atoms with Gasteiger partial charge in [0.15, 0.2) is 11.0 Å². The highest BCUT2D eigenvalue weighted by Crippen LogP contribution is 2.53. The van der Waals surface area contributed by atoms with Gasteiger partial charge in [-0.05, 0) is 62.3 Å². The molecule has 5 rings (SSSR count). The number of rotatable bonds is 6. The van der Waals surface area contributed by atoms with Crippen LogP contribution in [0.4, 0.5) is 0 Å². The van der Waals surface area contributed by atoms with Crippen LogP contribution < -0.4 is 0 Å². The third kappa shape index (κ3) is 3.25. The van der Waals surface area contributed by atoms with Crippen molar-refractivity contribution in [2.75, 3.05) is 0 Å². The third-order valence-electron chi connectivity index (χ3n) is 6.25. The lowest BCUT2D eigenvalue weighted by Crippen LogP contribution is -2.23. The van der Waals surface area contributed by atoms with Crippen molar-refractivity contribution < 1.29 is 4.52 Å². The zero-order valence-electron chi connectivity index (χ0n) is 15.7. The molecule has 4 unspecified atom stereocenters. The van der Waals surface area contributed by atoms with E-state index in [0.29, 0.717) is 6.04 Å². The molecule has 0 aromatic carbocycles. The Morgan fingerprint density at radius 1 is 1.33 bits per heavy atom. The van der Waals surface area contributed by atoms with Gasteiger partial charge in [0.05, 0.1) is 10.6 Å². The second-order valence-electron chi connectivity index (χ2n) is 7.95. The van der Waals surface area contributed by atoms with Gasteiger partial charge < -0.3 is 4.52 Å². The number of thioether (sulfide) groups is 1. The van der Waals surface area contributed by atoms with Crippen molar-refractivity contribution in [3.8, 4) is 10.7 Å². The molecule has 3 aromatic heterocycles. The van der Waals surface area contributed by atoms with Gasteiger partial charge >= 0.3 is 0 Å². The Kier molecular flexibility index (Phi) is 4.60. The molecule has 5 nitrogen and oxygen atoms in total. The van der Waals surface area contributed by atoms with E-state index in [0.717, 1.165) is 45.9 Å². The molecule has 0 radical (unpaired) electrons. The maximum absolute atomic E-state index is 5.20. The summed E-state index contributed by atoms with van der Waals surface area (Å²) in [5.41, 5.74) is 0.956. The van der Waals surface area contributed by atoms with Crippen molar-refractivity contribution in [3.05, 3.63) is 35.0 Å². The Balaban J connectivity index is 1.45. The van der Waals surface area contributed by atoms with Gasteiger partial charge in [0, 0.05) is 17.9 Å². The summed E-state index contributed by atoms with van der Waals surface area (Å²) in [6.07, 6.45) is 5.62. The van der Waals surface area contributed by atoms with Gasteiger partial charge in [-0.1, -0.05) is 29.4 Å². The van der Waals surface area contributed by atoms with Crippen molar-refractivity contribution in [1.29, 1.82) is 0 Å². The summed E-state index contributed by atoms with van der Waals surface area (Å²) >= 11 is 3.45. The number of hydrogen-bond acceptors (Lipinski definition) is 6. The van der Waals surface area contributed by atoms with Crippen LogP contribution in [0.25, 0.3) is 10.7 Å². The van der Waals surface area contributed by atoms with Crippen LogP contribution in [0.3, 0.4) is 0 Å². The van der Waals surface area contributed by atoms with Crippen molar-refractivity contribution in [2.24, 2.45) is 17.8 Å². The highest BCUT2D eigenvalue weighted by molar-refractivity contribution is 7.98. The predicted octanol–water partition coefficient (Wildman–Crippen LogP) is 5.59. The van der Waals surface area contributed by atoms with Crippen LogP contribution in [0.1, 0.15) is 50.1 Å². The van der Waals surface area contributed by atoms with Crippen LogP contribution in [-0.4, -0.2) is 19.9 Å². The Hall–Kier alpha value is -1.60. The van der Waals surface area contributed by atoms with E-state index < -0.39 is 0 Å². The summed E-state index contributed by atoms with van der Waals surface area (Å²) in [5, 5.41) is 16.4. The molecule has 7 heteroatoms. The van der Waals surface area contributed by atoms with E-state index in [2.05, 4.69) is 44.4 Å². The normalized spacial score (nSPS) is 25.3. The first-order chi connectivity index (χ1) is 13.2. The number of hydrogen-bond donors (Lipinski definition) is 0. The first-order valence-corrected chi connectivity index (χ1v) is 11.6. The first-order valence-electron chi connectivity index (χ1n) is 9.73. The molecule has 2 fully saturated rings. The Labute approximate surface area is 167 Å². The van der Waals surface area contributed by atoms with Crippen molar-refractivity contribution in [1.82, 2.24) is 19.9 Å². The molecule has 142 valence electrons. The van der Waals surface area contributed by atoms with Gasteiger partial charge in [0.2, 0.25) is 0 Å². The first kappa shape index (κ1) is 17.5. The summed E-state index contributed by atoms with van der Waals surface area (Å²) < 4.78 is 7.60. The van der Waals surface area contributed by atoms with Crippen LogP contribution in [0.5, 0.6) is 0 Å². The van der Waals surface area contributed by atoms with Gasteiger partial charge in [-0.3, -0.25) is 4.57 Å². The third-order valence-corrected chi connectivity index (χ3v) is 8.09. The Morgan fingerprint density at radius 2 is 2.26 bits per heavy atom. The van der Waals surface area contributed by atoms with Gasteiger partial charge in [-0.15, -0.1) is 21.5 Å². The van der Waals surface area contributed by atoms with Crippen LogP contribution in [0.2, 0.25) is 0 Å². The lowest BCUT2D eigenvalue weighted by molar-refractivity contribution is 0.235. The maximum atomic E-state index is 5.20. The molecule has 2 bridgehead atoms. The number of aryl methyl sites for hydroxylation is 1. The second kappa shape index (κ2) is 7.09. The molecule has 0 saturated heterocycles. The van der Waals surface area contributed by atoms with Crippen molar-refractivity contribution in [3.63, 3.8) is 0 Å². The molecule has 3 aromatic rings. The smallest absolute Gasteiger partial charge is 0.192 e. The summed E-state index contributed by atoms with van der Waals surface area (Å²) in [6, 6.07) is 6.65. The van der Waals surface area contributed by atoms with E-state index in [1.165, 1.54) is 30.6 Å². The lowest BCUT2D eigenvalue weighted by atomic mass is 9.84.